The van der Waals surface area contributed by atoms with E-state index in [0.717, 1.165) is 50.4 Å². The maximum absolute atomic E-state index is 12.7. The van der Waals surface area contributed by atoms with Crippen molar-refractivity contribution in [2.24, 2.45) is 17.8 Å². The van der Waals surface area contributed by atoms with Crippen LogP contribution in [0, 0.1) is 17.8 Å². The fraction of sp³-hybridized carbons (Fsp3) is 0.923. The topological polar surface area (TPSA) is 34.1 Å². The fourth-order valence-electron chi connectivity index (χ4n) is 5.61. The van der Waals surface area contributed by atoms with Crippen LogP contribution in [0.1, 0.15) is 135 Å². The third kappa shape index (κ3) is 9.23. The first-order chi connectivity index (χ1) is 13.7. The Bertz CT molecular complexity index is 442. The minimum absolute atomic E-state index is 0.321. The lowest BCUT2D eigenvalue weighted by molar-refractivity contribution is -0.124. The fourth-order valence-corrected chi connectivity index (χ4v) is 5.61. The second-order valence-corrected chi connectivity index (χ2v) is 9.74. The zero-order valence-electron chi connectivity index (χ0n) is 18.7. The molecule has 0 bridgehead atoms. The van der Waals surface area contributed by atoms with Crippen LogP contribution >= 0.6 is 0 Å². The van der Waals surface area contributed by atoms with Gasteiger partial charge in [-0.2, -0.15) is 0 Å². The van der Waals surface area contributed by atoms with Crippen LogP contribution in [-0.2, 0) is 9.59 Å². The number of unbranched alkanes of at least 4 members (excludes halogenated alkanes) is 6. The summed E-state index contributed by atoms with van der Waals surface area (Å²) >= 11 is 0. The molecule has 0 N–H and O–H groups in total. The normalized spacial score (nSPS) is 25.5. The van der Waals surface area contributed by atoms with E-state index in [2.05, 4.69) is 6.92 Å². The highest BCUT2D eigenvalue weighted by atomic mass is 16.1. The Labute approximate surface area is 174 Å². The summed E-state index contributed by atoms with van der Waals surface area (Å²) in [7, 11) is 0. The third-order valence-electron chi connectivity index (χ3n) is 7.47. The van der Waals surface area contributed by atoms with Crippen LogP contribution in [0.2, 0.25) is 0 Å². The molecule has 0 saturated heterocycles. The first-order valence-electron chi connectivity index (χ1n) is 12.7. The first-order valence-corrected chi connectivity index (χ1v) is 12.7. The van der Waals surface area contributed by atoms with Crippen molar-refractivity contribution in [3.63, 3.8) is 0 Å². The van der Waals surface area contributed by atoms with Gasteiger partial charge in [-0.05, 0) is 50.4 Å². The van der Waals surface area contributed by atoms with E-state index in [4.69, 9.17) is 0 Å². The van der Waals surface area contributed by atoms with E-state index < -0.39 is 0 Å². The molecule has 2 saturated carbocycles. The van der Waals surface area contributed by atoms with Crippen LogP contribution in [-0.4, -0.2) is 11.6 Å². The van der Waals surface area contributed by atoms with Crippen LogP contribution in [0.3, 0.4) is 0 Å². The summed E-state index contributed by atoms with van der Waals surface area (Å²) in [6.45, 7) is 2.23. The number of hydrogen-bond acceptors (Lipinski definition) is 2. The molecular weight excluding hydrogens is 344 g/mol. The molecule has 2 nitrogen and oxygen atoms in total. The average Bonchev–Trinajstić information content (AvgIpc) is 2.68. The van der Waals surface area contributed by atoms with Crippen molar-refractivity contribution in [1.29, 1.82) is 0 Å². The molecule has 0 aliphatic heterocycles. The highest BCUT2D eigenvalue weighted by molar-refractivity contribution is 5.81. The number of ketones is 2. The van der Waals surface area contributed by atoms with Gasteiger partial charge in [-0.3, -0.25) is 9.59 Å². The molecule has 0 aromatic carbocycles. The Morgan fingerprint density at radius 1 is 0.607 bits per heavy atom. The average molecular weight is 391 g/mol. The van der Waals surface area contributed by atoms with Crippen molar-refractivity contribution in [3.8, 4) is 0 Å². The minimum atomic E-state index is 0.321. The van der Waals surface area contributed by atoms with Crippen molar-refractivity contribution >= 4 is 11.6 Å². The van der Waals surface area contributed by atoms with Gasteiger partial charge < -0.3 is 0 Å². The largest absolute Gasteiger partial charge is 0.300 e. The lowest BCUT2D eigenvalue weighted by Crippen LogP contribution is -2.25. The van der Waals surface area contributed by atoms with Crippen molar-refractivity contribution < 1.29 is 9.59 Å². The van der Waals surface area contributed by atoms with Gasteiger partial charge in [0.2, 0.25) is 0 Å². The van der Waals surface area contributed by atoms with Crippen molar-refractivity contribution in [2.75, 3.05) is 0 Å². The quantitative estimate of drug-likeness (QED) is 0.300. The smallest absolute Gasteiger partial charge is 0.135 e. The molecule has 3 atom stereocenters. The van der Waals surface area contributed by atoms with Gasteiger partial charge in [0.25, 0.3) is 0 Å². The van der Waals surface area contributed by atoms with E-state index in [1.807, 2.05) is 0 Å². The minimum Gasteiger partial charge on any atom is -0.300 e. The first kappa shape index (κ1) is 23.6. The number of rotatable bonds is 13. The summed E-state index contributed by atoms with van der Waals surface area (Å²) in [5.41, 5.74) is 0. The molecule has 2 heteroatoms. The Hall–Kier alpha value is -0.660. The van der Waals surface area contributed by atoms with Crippen molar-refractivity contribution in [2.45, 2.75) is 135 Å². The Kier molecular flexibility index (Phi) is 12.1. The van der Waals surface area contributed by atoms with Gasteiger partial charge in [-0.25, -0.2) is 0 Å². The number of fused-ring (bicyclic) bond motifs is 1. The Morgan fingerprint density at radius 3 is 1.93 bits per heavy atom. The lowest BCUT2D eigenvalue weighted by atomic mass is 9.71. The Balaban J connectivity index is 1.52. The summed E-state index contributed by atoms with van der Waals surface area (Å²) in [6.07, 6.45) is 23.3. The second-order valence-electron chi connectivity index (χ2n) is 9.74. The molecule has 3 unspecified atom stereocenters. The zero-order chi connectivity index (χ0) is 20.0. The third-order valence-corrected chi connectivity index (χ3v) is 7.47. The maximum Gasteiger partial charge on any atom is 0.135 e. The van der Waals surface area contributed by atoms with Gasteiger partial charge in [-0.15, -0.1) is 0 Å². The molecule has 2 fully saturated rings. The summed E-state index contributed by atoms with van der Waals surface area (Å²) < 4.78 is 0. The van der Waals surface area contributed by atoms with Crippen LogP contribution in [0.25, 0.3) is 0 Å². The second kappa shape index (κ2) is 14.3. The molecule has 0 amide bonds. The monoisotopic (exact) mass is 390 g/mol. The van der Waals surface area contributed by atoms with Gasteiger partial charge in [0.15, 0.2) is 0 Å². The van der Waals surface area contributed by atoms with E-state index in [1.54, 1.807) is 0 Å². The SMILES string of the molecule is CCCCCCCCC(=O)CCCCC(=O)C1CCCC2CCCCC2CC1. The van der Waals surface area contributed by atoms with Crippen LogP contribution in [0.4, 0.5) is 0 Å². The zero-order valence-corrected chi connectivity index (χ0v) is 18.7. The Morgan fingerprint density at radius 2 is 1.18 bits per heavy atom. The molecule has 0 heterocycles. The number of carbonyl (C=O) groups excluding carboxylic acids is 2. The van der Waals surface area contributed by atoms with Crippen LogP contribution in [0.5, 0.6) is 0 Å². The van der Waals surface area contributed by atoms with E-state index >= 15 is 0 Å². The summed E-state index contributed by atoms with van der Waals surface area (Å²) in [4.78, 5) is 24.7. The van der Waals surface area contributed by atoms with E-state index in [-0.39, 0.29) is 0 Å². The summed E-state index contributed by atoms with van der Waals surface area (Å²) in [6, 6.07) is 0. The van der Waals surface area contributed by atoms with Gasteiger partial charge in [0.1, 0.15) is 11.6 Å². The maximum atomic E-state index is 12.7. The highest BCUT2D eigenvalue weighted by Crippen LogP contribution is 2.40. The summed E-state index contributed by atoms with van der Waals surface area (Å²) in [5.74, 6) is 3.10. The molecule has 162 valence electrons. The van der Waals surface area contributed by atoms with Gasteiger partial charge >= 0.3 is 0 Å². The van der Waals surface area contributed by atoms with Gasteiger partial charge in [0, 0.05) is 25.2 Å². The molecule has 0 radical (unpaired) electrons. The van der Waals surface area contributed by atoms with E-state index in [1.165, 1.54) is 77.0 Å². The van der Waals surface area contributed by atoms with Crippen molar-refractivity contribution in [3.05, 3.63) is 0 Å². The van der Waals surface area contributed by atoms with Gasteiger partial charge in [0.05, 0.1) is 0 Å². The summed E-state index contributed by atoms with van der Waals surface area (Å²) in [5, 5.41) is 0. The molecular formula is C26H46O2. The molecule has 2 aliphatic rings. The van der Waals surface area contributed by atoms with Gasteiger partial charge in [-0.1, -0.05) is 77.6 Å². The molecule has 0 aromatic heterocycles. The van der Waals surface area contributed by atoms with E-state index in [0.29, 0.717) is 30.3 Å². The molecule has 2 rings (SSSR count). The molecule has 28 heavy (non-hydrogen) atoms. The predicted octanol–water partition coefficient (Wildman–Crippen LogP) is 7.82. The van der Waals surface area contributed by atoms with Crippen LogP contribution in [0.15, 0.2) is 0 Å². The van der Waals surface area contributed by atoms with Crippen LogP contribution < -0.4 is 0 Å². The molecule has 2 aliphatic carbocycles. The highest BCUT2D eigenvalue weighted by Gasteiger charge is 2.29. The molecule has 0 spiro atoms. The van der Waals surface area contributed by atoms with Crippen molar-refractivity contribution in [1.82, 2.24) is 0 Å². The van der Waals surface area contributed by atoms with E-state index in [9.17, 15) is 9.59 Å². The number of hydrogen-bond donors (Lipinski definition) is 0. The number of carbonyl (C=O) groups is 2. The standard InChI is InChI=1S/C26H46O2/c1-2-3-4-5-6-7-17-25(27)18-10-11-19-26(28)24-16-12-15-22-13-8-9-14-23(22)20-21-24/h22-24H,2-21H2,1H3. The molecule has 0 aromatic rings. The lowest BCUT2D eigenvalue weighted by Gasteiger charge is -2.35. The number of Topliss-reactive ketones (excluding diaryl/α,β-unsaturated/α-hetero) is 2. The predicted molar refractivity (Wildman–Crippen MR) is 118 cm³/mol.